The number of hydrazine groups is 1. The number of likely N-dealkylation sites (tertiary alicyclic amines) is 1. The molecule has 0 spiro atoms. The normalized spacial score (nSPS) is 28.2. The standard InChI is InChI=1S/C30H41F2N5O2S/c1-19-7-8-25(40-19)22-16-20-6-5-12-36(24(20)17-23(22)27(31)32)28-30(2)18-35(29(38)33-3)13-9-26(30)37(34(28)4)21-10-14-39-15-11-21/h7-8,16-17,21,26-28H,5-6,9-15,18H2,1-4H3,(H,33,38). The maximum absolute atomic E-state index is 14.6. The zero-order chi connectivity index (χ0) is 28.2. The number of nitrogens with one attached hydrogen (secondary N) is 1. The lowest BCUT2D eigenvalue weighted by atomic mass is 9.74. The molecule has 40 heavy (non-hydrogen) atoms. The molecule has 3 saturated heterocycles. The van der Waals surface area contributed by atoms with E-state index in [1.165, 1.54) is 0 Å². The minimum absolute atomic E-state index is 0.0551. The Morgan fingerprint density at radius 3 is 2.62 bits per heavy atom. The van der Waals surface area contributed by atoms with Crippen molar-refractivity contribution < 1.29 is 18.3 Å². The fourth-order valence-electron chi connectivity index (χ4n) is 7.92. The second-order valence-corrected chi connectivity index (χ2v) is 13.3. The van der Waals surface area contributed by atoms with E-state index in [1.54, 1.807) is 24.5 Å². The third-order valence-electron chi connectivity index (χ3n) is 9.60. The molecule has 218 valence electrons. The summed E-state index contributed by atoms with van der Waals surface area (Å²) in [7, 11) is 3.85. The Kier molecular flexibility index (Phi) is 7.56. The number of rotatable bonds is 4. The monoisotopic (exact) mass is 573 g/mol. The quantitative estimate of drug-likeness (QED) is 0.524. The number of aryl methyl sites for hydroxylation is 2. The molecule has 7 nitrogen and oxygen atoms in total. The Balaban J connectivity index is 1.44. The smallest absolute Gasteiger partial charge is 0.317 e. The van der Waals surface area contributed by atoms with Gasteiger partial charge in [-0.25, -0.2) is 23.6 Å². The number of halogens is 2. The molecule has 3 fully saturated rings. The maximum Gasteiger partial charge on any atom is 0.317 e. The number of ether oxygens (including phenoxy) is 1. The summed E-state index contributed by atoms with van der Waals surface area (Å²) in [6, 6.07) is 8.32. The largest absolute Gasteiger partial charge is 0.381 e. The van der Waals surface area contributed by atoms with Crippen LogP contribution < -0.4 is 10.2 Å². The molecule has 4 aliphatic rings. The number of carbonyl (C=O) groups excluding carboxylic acids is 1. The average Bonchev–Trinajstić information content (AvgIpc) is 3.48. The molecule has 0 bridgehead atoms. The zero-order valence-electron chi connectivity index (χ0n) is 24.0. The topological polar surface area (TPSA) is 51.3 Å². The number of hydrogen-bond donors (Lipinski definition) is 1. The van der Waals surface area contributed by atoms with Gasteiger partial charge in [0.05, 0.1) is 0 Å². The molecule has 10 heteroatoms. The van der Waals surface area contributed by atoms with E-state index < -0.39 is 6.43 Å². The van der Waals surface area contributed by atoms with Gasteiger partial charge in [0, 0.05) is 91.0 Å². The van der Waals surface area contributed by atoms with Gasteiger partial charge in [-0.05, 0) is 68.9 Å². The minimum Gasteiger partial charge on any atom is -0.381 e. The van der Waals surface area contributed by atoms with Crippen LogP contribution in [0.5, 0.6) is 0 Å². The van der Waals surface area contributed by atoms with E-state index in [0.717, 1.165) is 72.9 Å². The fourth-order valence-corrected chi connectivity index (χ4v) is 8.83. The van der Waals surface area contributed by atoms with E-state index in [4.69, 9.17) is 4.74 Å². The minimum atomic E-state index is -2.56. The van der Waals surface area contributed by atoms with Crippen LogP contribution >= 0.6 is 11.3 Å². The second kappa shape index (κ2) is 10.9. The Bertz CT molecular complexity index is 1250. The van der Waals surface area contributed by atoms with Gasteiger partial charge in [0.2, 0.25) is 0 Å². The number of thiophene rings is 1. The van der Waals surface area contributed by atoms with Crippen molar-refractivity contribution in [3.63, 3.8) is 0 Å². The first kappa shape index (κ1) is 27.9. The van der Waals surface area contributed by atoms with Crippen molar-refractivity contribution in [2.75, 3.05) is 51.8 Å². The Morgan fingerprint density at radius 2 is 1.95 bits per heavy atom. The van der Waals surface area contributed by atoms with Crippen LogP contribution in [0.25, 0.3) is 10.4 Å². The lowest BCUT2D eigenvalue weighted by Gasteiger charge is -2.49. The molecular weight excluding hydrogens is 532 g/mol. The summed E-state index contributed by atoms with van der Waals surface area (Å²) < 4.78 is 34.9. The lowest BCUT2D eigenvalue weighted by molar-refractivity contribution is -0.0826. The highest BCUT2D eigenvalue weighted by molar-refractivity contribution is 7.15. The summed E-state index contributed by atoms with van der Waals surface area (Å²) in [5.74, 6) is 0. The molecule has 1 N–H and O–H groups in total. The number of nitrogens with zero attached hydrogens (tertiary/aromatic N) is 4. The van der Waals surface area contributed by atoms with Crippen molar-refractivity contribution >= 4 is 23.1 Å². The molecule has 0 radical (unpaired) electrons. The molecule has 2 amide bonds. The fraction of sp³-hybridized carbons (Fsp3) is 0.633. The van der Waals surface area contributed by atoms with Gasteiger partial charge in [0.15, 0.2) is 0 Å². The maximum atomic E-state index is 14.6. The molecule has 6 rings (SSSR count). The highest BCUT2D eigenvalue weighted by atomic mass is 32.1. The third kappa shape index (κ3) is 4.61. The van der Waals surface area contributed by atoms with Gasteiger partial charge in [0.25, 0.3) is 6.43 Å². The Morgan fingerprint density at radius 1 is 1.18 bits per heavy atom. The molecule has 0 aliphatic carbocycles. The van der Waals surface area contributed by atoms with Gasteiger partial charge in [-0.1, -0.05) is 6.92 Å². The van der Waals surface area contributed by atoms with Crippen molar-refractivity contribution in [3.05, 3.63) is 40.3 Å². The van der Waals surface area contributed by atoms with E-state index in [-0.39, 0.29) is 29.2 Å². The lowest BCUT2D eigenvalue weighted by Crippen LogP contribution is -2.61. The SMILES string of the molecule is CNC(=O)N1CCC2N(C3CCOCC3)N(C)C(N3CCCc4cc(-c5ccc(C)s5)c(C(F)F)cc43)C2(C)C1. The van der Waals surface area contributed by atoms with Gasteiger partial charge in [-0.3, -0.25) is 0 Å². The second-order valence-electron chi connectivity index (χ2n) is 12.0. The van der Waals surface area contributed by atoms with Crippen LogP contribution in [0.3, 0.4) is 0 Å². The Labute approximate surface area is 240 Å². The summed E-state index contributed by atoms with van der Waals surface area (Å²) in [5.41, 5.74) is 2.53. The van der Waals surface area contributed by atoms with Crippen molar-refractivity contribution in [2.45, 2.75) is 70.6 Å². The molecule has 3 unspecified atom stereocenters. The summed E-state index contributed by atoms with van der Waals surface area (Å²) in [4.78, 5) is 19.1. The van der Waals surface area contributed by atoms with Crippen molar-refractivity contribution in [2.24, 2.45) is 5.41 Å². The number of alkyl halides is 2. The van der Waals surface area contributed by atoms with Crippen LogP contribution in [0.1, 0.15) is 55.0 Å². The van der Waals surface area contributed by atoms with Crippen molar-refractivity contribution in [3.8, 4) is 10.4 Å². The number of carbonyl (C=O) groups is 1. The number of urea groups is 1. The Hall–Kier alpha value is -2.27. The molecule has 1 aromatic carbocycles. The van der Waals surface area contributed by atoms with Crippen LogP contribution in [-0.4, -0.2) is 86.1 Å². The molecule has 4 aliphatic heterocycles. The first-order chi connectivity index (χ1) is 19.2. The first-order valence-corrected chi connectivity index (χ1v) is 15.4. The summed E-state index contributed by atoms with van der Waals surface area (Å²) in [5, 5.41) is 7.78. The predicted octanol–water partition coefficient (Wildman–Crippen LogP) is 5.50. The van der Waals surface area contributed by atoms with E-state index in [1.807, 2.05) is 30.0 Å². The molecule has 3 atom stereocenters. The van der Waals surface area contributed by atoms with Crippen LogP contribution in [0, 0.1) is 12.3 Å². The number of fused-ring (bicyclic) bond motifs is 2. The zero-order valence-corrected chi connectivity index (χ0v) is 24.8. The van der Waals surface area contributed by atoms with Gasteiger partial charge >= 0.3 is 6.03 Å². The molecule has 0 saturated carbocycles. The highest BCUT2D eigenvalue weighted by Gasteiger charge is 2.60. The van der Waals surface area contributed by atoms with Gasteiger partial charge in [-0.2, -0.15) is 0 Å². The summed E-state index contributed by atoms with van der Waals surface area (Å²) >= 11 is 1.57. The van der Waals surface area contributed by atoms with Gasteiger partial charge < -0.3 is 19.9 Å². The molecule has 2 aromatic rings. The summed E-state index contributed by atoms with van der Waals surface area (Å²) in [6.07, 6.45) is 2.03. The van der Waals surface area contributed by atoms with Crippen LogP contribution in [0.15, 0.2) is 24.3 Å². The highest BCUT2D eigenvalue weighted by Crippen LogP contribution is 2.51. The third-order valence-corrected chi connectivity index (χ3v) is 10.6. The van der Waals surface area contributed by atoms with E-state index in [9.17, 15) is 13.6 Å². The van der Waals surface area contributed by atoms with Crippen molar-refractivity contribution in [1.82, 2.24) is 20.2 Å². The number of anilines is 1. The van der Waals surface area contributed by atoms with Crippen LogP contribution in [0.2, 0.25) is 0 Å². The predicted molar refractivity (Wildman–Crippen MR) is 155 cm³/mol. The average molecular weight is 574 g/mol. The number of piperidine rings is 1. The number of amides is 2. The molecule has 5 heterocycles. The van der Waals surface area contributed by atoms with Crippen LogP contribution in [-0.2, 0) is 11.2 Å². The first-order valence-electron chi connectivity index (χ1n) is 14.6. The number of benzene rings is 1. The molecular formula is C30H41F2N5O2S. The van der Waals surface area contributed by atoms with Crippen molar-refractivity contribution in [1.29, 1.82) is 0 Å². The van der Waals surface area contributed by atoms with E-state index in [2.05, 4.69) is 34.2 Å². The van der Waals surface area contributed by atoms with Gasteiger partial charge in [0.1, 0.15) is 6.17 Å². The molecule has 1 aromatic heterocycles. The van der Waals surface area contributed by atoms with Gasteiger partial charge in [-0.15, -0.1) is 11.3 Å². The van der Waals surface area contributed by atoms with E-state index in [0.29, 0.717) is 24.7 Å². The summed E-state index contributed by atoms with van der Waals surface area (Å²) in [6.45, 7) is 7.94. The van der Waals surface area contributed by atoms with Crippen LogP contribution in [0.4, 0.5) is 19.3 Å². The number of hydrogen-bond acceptors (Lipinski definition) is 6. The van der Waals surface area contributed by atoms with E-state index >= 15 is 0 Å².